The SMILES string of the molecule is CCNc1cc(C)nc(COCCOC(C)(C)C)n1. The predicted molar refractivity (Wildman–Crippen MR) is 76.3 cm³/mol. The number of nitrogens with zero attached hydrogens (tertiary/aromatic N) is 2. The van der Waals surface area contributed by atoms with Crippen LogP contribution in [0.3, 0.4) is 0 Å². The zero-order valence-electron chi connectivity index (χ0n) is 12.6. The van der Waals surface area contributed by atoms with Crippen LogP contribution in [0.25, 0.3) is 0 Å². The molecule has 1 rings (SSSR count). The van der Waals surface area contributed by atoms with Gasteiger partial charge in [-0.25, -0.2) is 9.97 Å². The standard InChI is InChI=1S/C14H25N3O2/c1-6-15-12-9-11(2)16-13(17-12)10-18-7-8-19-14(3,4)5/h9H,6-8,10H2,1-5H3,(H,15,16,17). The molecule has 0 unspecified atom stereocenters. The Morgan fingerprint density at radius 1 is 1.21 bits per heavy atom. The van der Waals surface area contributed by atoms with Gasteiger partial charge in [0.1, 0.15) is 12.4 Å². The molecule has 0 spiro atoms. The Balaban J connectivity index is 2.36. The fourth-order valence-corrected chi connectivity index (χ4v) is 1.54. The van der Waals surface area contributed by atoms with Crippen LogP contribution in [0, 0.1) is 6.92 Å². The normalized spacial score (nSPS) is 11.6. The third-order valence-electron chi connectivity index (χ3n) is 2.25. The van der Waals surface area contributed by atoms with Gasteiger partial charge in [-0.2, -0.15) is 0 Å². The molecule has 0 fully saturated rings. The predicted octanol–water partition coefficient (Wildman–Crippen LogP) is 2.55. The van der Waals surface area contributed by atoms with Crippen molar-refractivity contribution in [3.63, 3.8) is 0 Å². The molecule has 1 N–H and O–H groups in total. The quantitative estimate of drug-likeness (QED) is 0.769. The molecule has 5 nitrogen and oxygen atoms in total. The smallest absolute Gasteiger partial charge is 0.156 e. The molecule has 0 amide bonds. The van der Waals surface area contributed by atoms with Gasteiger partial charge in [0.2, 0.25) is 0 Å². The van der Waals surface area contributed by atoms with Crippen LogP contribution in [-0.4, -0.2) is 35.3 Å². The average Bonchev–Trinajstić information content (AvgIpc) is 2.26. The first-order valence-electron chi connectivity index (χ1n) is 6.71. The van der Waals surface area contributed by atoms with E-state index in [9.17, 15) is 0 Å². The number of aryl methyl sites for hydroxylation is 1. The van der Waals surface area contributed by atoms with Gasteiger partial charge >= 0.3 is 0 Å². The molecule has 0 aliphatic heterocycles. The van der Waals surface area contributed by atoms with Gasteiger partial charge < -0.3 is 14.8 Å². The minimum Gasteiger partial charge on any atom is -0.373 e. The van der Waals surface area contributed by atoms with Gasteiger partial charge in [-0.05, 0) is 34.6 Å². The van der Waals surface area contributed by atoms with Crippen molar-refractivity contribution < 1.29 is 9.47 Å². The molecule has 1 aromatic rings. The first-order chi connectivity index (χ1) is 8.90. The second-order valence-corrected chi connectivity index (χ2v) is 5.35. The Kier molecular flexibility index (Phi) is 6.18. The van der Waals surface area contributed by atoms with Crippen molar-refractivity contribution in [1.82, 2.24) is 9.97 Å². The van der Waals surface area contributed by atoms with E-state index in [-0.39, 0.29) is 5.60 Å². The van der Waals surface area contributed by atoms with E-state index in [0.29, 0.717) is 25.6 Å². The summed E-state index contributed by atoms with van der Waals surface area (Å²) in [5.41, 5.74) is 0.817. The monoisotopic (exact) mass is 267 g/mol. The minimum atomic E-state index is -0.124. The van der Waals surface area contributed by atoms with Crippen LogP contribution in [-0.2, 0) is 16.1 Å². The Morgan fingerprint density at radius 3 is 2.58 bits per heavy atom. The van der Waals surface area contributed by atoms with Crippen molar-refractivity contribution in [2.75, 3.05) is 25.1 Å². The first kappa shape index (κ1) is 15.9. The van der Waals surface area contributed by atoms with Gasteiger partial charge in [0.05, 0.1) is 18.8 Å². The second-order valence-electron chi connectivity index (χ2n) is 5.35. The van der Waals surface area contributed by atoms with E-state index in [1.165, 1.54) is 0 Å². The minimum absolute atomic E-state index is 0.124. The lowest BCUT2D eigenvalue weighted by atomic mass is 10.2. The van der Waals surface area contributed by atoms with Crippen molar-refractivity contribution in [2.24, 2.45) is 0 Å². The van der Waals surface area contributed by atoms with Crippen LogP contribution in [0.2, 0.25) is 0 Å². The number of aromatic nitrogens is 2. The zero-order chi connectivity index (χ0) is 14.3. The Bertz CT molecular complexity index is 389. The van der Waals surface area contributed by atoms with E-state index in [4.69, 9.17) is 9.47 Å². The molecular weight excluding hydrogens is 242 g/mol. The summed E-state index contributed by atoms with van der Waals surface area (Å²) in [5, 5.41) is 3.18. The van der Waals surface area contributed by atoms with Gasteiger partial charge in [-0.1, -0.05) is 0 Å². The van der Waals surface area contributed by atoms with Crippen LogP contribution in [0.15, 0.2) is 6.07 Å². The first-order valence-corrected chi connectivity index (χ1v) is 6.71. The number of nitrogens with one attached hydrogen (secondary N) is 1. The maximum atomic E-state index is 5.58. The number of hydrogen-bond acceptors (Lipinski definition) is 5. The van der Waals surface area contributed by atoms with E-state index < -0.39 is 0 Å². The summed E-state index contributed by atoms with van der Waals surface area (Å²) >= 11 is 0. The van der Waals surface area contributed by atoms with Gasteiger partial charge in [0, 0.05) is 18.3 Å². The lowest BCUT2D eigenvalue weighted by Crippen LogP contribution is -2.21. The van der Waals surface area contributed by atoms with Crippen molar-refractivity contribution in [3.05, 3.63) is 17.6 Å². The van der Waals surface area contributed by atoms with Crippen LogP contribution in [0.5, 0.6) is 0 Å². The maximum absolute atomic E-state index is 5.58. The molecule has 1 heterocycles. The van der Waals surface area contributed by atoms with Crippen molar-refractivity contribution >= 4 is 5.82 Å². The summed E-state index contributed by atoms with van der Waals surface area (Å²) in [5.74, 6) is 1.55. The summed E-state index contributed by atoms with van der Waals surface area (Å²) in [6.45, 7) is 12.5. The largest absolute Gasteiger partial charge is 0.373 e. The number of hydrogen-bond donors (Lipinski definition) is 1. The number of anilines is 1. The average molecular weight is 267 g/mol. The summed E-state index contributed by atoms with van der Waals surface area (Å²) in [4.78, 5) is 8.73. The molecule has 108 valence electrons. The van der Waals surface area contributed by atoms with Crippen molar-refractivity contribution in [2.45, 2.75) is 46.8 Å². The van der Waals surface area contributed by atoms with Crippen molar-refractivity contribution in [1.29, 1.82) is 0 Å². The lowest BCUT2D eigenvalue weighted by molar-refractivity contribution is -0.0384. The second kappa shape index (κ2) is 7.40. The molecule has 5 heteroatoms. The number of rotatable bonds is 7. The summed E-state index contributed by atoms with van der Waals surface area (Å²) < 4.78 is 11.1. The maximum Gasteiger partial charge on any atom is 0.156 e. The fourth-order valence-electron chi connectivity index (χ4n) is 1.54. The van der Waals surface area contributed by atoms with Crippen LogP contribution >= 0.6 is 0 Å². The van der Waals surface area contributed by atoms with Crippen molar-refractivity contribution in [3.8, 4) is 0 Å². The molecular formula is C14H25N3O2. The summed E-state index contributed by atoms with van der Waals surface area (Å²) in [7, 11) is 0. The topological polar surface area (TPSA) is 56.3 Å². The van der Waals surface area contributed by atoms with E-state index >= 15 is 0 Å². The third-order valence-corrected chi connectivity index (χ3v) is 2.25. The molecule has 0 saturated heterocycles. The fraction of sp³-hybridized carbons (Fsp3) is 0.714. The Hall–Kier alpha value is -1.20. The summed E-state index contributed by atoms with van der Waals surface area (Å²) in [6, 6.07) is 1.93. The van der Waals surface area contributed by atoms with Gasteiger partial charge in [-0.15, -0.1) is 0 Å². The van der Waals surface area contributed by atoms with Gasteiger partial charge in [-0.3, -0.25) is 0 Å². The molecule has 0 bridgehead atoms. The summed E-state index contributed by atoms with van der Waals surface area (Å²) in [6.07, 6.45) is 0. The highest BCUT2D eigenvalue weighted by Crippen LogP contribution is 2.08. The highest BCUT2D eigenvalue weighted by molar-refractivity contribution is 5.35. The third kappa shape index (κ3) is 7.08. The highest BCUT2D eigenvalue weighted by Gasteiger charge is 2.09. The van der Waals surface area contributed by atoms with Gasteiger partial charge in [0.15, 0.2) is 5.82 Å². The van der Waals surface area contributed by atoms with Crippen LogP contribution in [0.1, 0.15) is 39.2 Å². The van der Waals surface area contributed by atoms with E-state index in [1.54, 1.807) is 0 Å². The molecule has 0 radical (unpaired) electrons. The number of ether oxygens (including phenoxy) is 2. The van der Waals surface area contributed by atoms with Crippen LogP contribution in [0.4, 0.5) is 5.82 Å². The molecule has 0 aliphatic rings. The molecule has 0 aliphatic carbocycles. The molecule has 1 aromatic heterocycles. The lowest BCUT2D eigenvalue weighted by Gasteiger charge is -2.19. The Morgan fingerprint density at radius 2 is 1.95 bits per heavy atom. The van der Waals surface area contributed by atoms with E-state index in [1.807, 2.05) is 40.7 Å². The van der Waals surface area contributed by atoms with Crippen LogP contribution < -0.4 is 5.32 Å². The molecule has 0 aromatic carbocycles. The van der Waals surface area contributed by atoms with Gasteiger partial charge in [0.25, 0.3) is 0 Å². The molecule has 19 heavy (non-hydrogen) atoms. The van der Waals surface area contributed by atoms with E-state index in [2.05, 4.69) is 15.3 Å². The zero-order valence-corrected chi connectivity index (χ0v) is 12.6. The highest BCUT2D eigenvalue weighted by atomic mass is 16.5. The van der Waals surface area contributed by atoms with E-state index in [0.717, 1.165) is 18.1 Å². The Labute approximate surface area is 115 Å². The molecule has 0 atom stereocenters. The molecule has 0 saturated carbocycles.